The molecule has 0 aliphatic rings. The Balaban J connectivity index is 0. The normalized spacial score (nSPS) is 11.3. The lowest BCUT2D eigenvalue weighted by molar-refractivity contribution is 0.0841. The molecule has 0 saturated carbocycles. The first-order valence-corrected chi connectivity index (χ1v) is 6.33. The second-order valence-corrected chi connectivity index (χ2v) is 4.80. The zero-order valence-corrected chi connectivity index (χ0v) is 11.9. The summed E-state index contributed by atoms with van der Waals surface area (Å²) in [4.78, 5) is 2.05. The molecule has 0 unspecified atom stereocenters. The van der Waals surface area contributed by atoms with Crippen molar-refractivity contribution in [3.05, 3.63) is 0 Å². The van der Waals surface area contributed by atoms with Gasteiger partial charge in [0.1, 0.15) is 0 Å². The molecule has 0 aromatic rings. The Morgan fingerprint density at radius 3 is 1.39 bits per heavy atom. The summed E-state index contributed by atoms with van der Waals surface area (Å²) in [6.45, 7) is 9.18. The van der Waals surface area contributed by atoms with Gasteiger partial charge in [0.2, 0.25) is 0 Å². The van der Waals surface area contributed by atoms with E-state index in [1.54, 1.807) is 0 Å². The Morgan fingerprint density at radius 2 is 1.17 bits per heavy atom. The lowest BCUT2D eigenvalue weighted by Crippen LogP contribution is -2.44. The van der Waals surface area contributed by atoms with E-state index < -0.39 is 0 Å². The molecule has 0 amide bonds. The Hall–Kier alpha value is -0.240. The van der Waals surface area contributed by atoms with Crippen molar-refractivity contribution < 1.29 is 20.4 Å². The van der Waals surface area contributed by atoms with Crippen molar-refractivity contribution in [1.82, 2.24) is 10.2 Å². The van der Waals surface area contributed by atoms with Gasteiger partial charge in [-0.1, -0.05) is 0 Å². The van der Waals surface area contributed by atoms with Gasteiger partial charge < -0.3 is 25.7 Å². The summed E-state index contributed by atoms with van der Waals surface area (Å²) in [5.41, 5.74) is 0.0332. The topological polar surface area (TPSA) is 96.2 Å². The highest BCUT2D eigenvalue weighted by molar-refractivity contribution is 4.75. The number of aliphatic hydroxyl groups excluding tert-OH is 4. The maximum Gasteiger partial charge on any atom is 0.0558 e. The first-order chi connectivity index (χ1) is 8.43. The van der Waals surface area contributed by atoms with Crippen molar-refractivity contribution in [2.75, 3.05) is 52.6 Å². The molecule has 0 rings (SSSR count). The van der Waals surface area contributed by atoms with Gasteiger partial charge in [0.25, 0.3) is 0 Å². The minimum Gasteiger partial charge on any atom is -0.395 e. The highest BCUT2D eigenvalue weighted by atomic mass is 16.3. The molecule has 0 aliphatic heterocycles. The van der Waals surface area contributed by atoms with Gasteiger partial charge in [0.05, 0.1) is 26.4 Å². The van der Waals surface area contributed by atoms with Crippen LogP contribution in [0.5, 0.6) is 0 Å². The number of rotatable bonds is 8. The molecule has 0 atom stereocenters. The summed E-state index contributed by atoms with van der Waals surface area (Å²) in [5, 5.41) is 36.5. The van der Waals surface area contributed by atoms with Crippen molar-refractivity contribution in [2.45, 2.75) is 26.3 Å². The predicted octanol–water partition coefficient (Wildman–Crippen LogP) is -1.37. The van der Waals surface area contributed by atoms with Gasteiger partial charge in [-0.3, -0.25) is 4.90 Å². The van der Waals surface area contributed by atoms with Crippen LogP contribution >= 0.6 is 0 Å². The van der Waals surface area contributed by atoms with Gasteiger partial charge in [-0.15, -0.1) is 0 Å². The Labute approximate surface area is 110 Å². The third kappa shape index (κ3) is 13.8. The fraction of sp³-hybridized carbons (Fsp3) is 1.00. The van der Waals surface area contributed by atoms with Crippen LogP contribution in [-0.2, 0) is 0 Å². The molecule has 6 nitrogen and oxygen atoms in total. The zero-order chi connectivity index (χ0) is 14.4. The number of nitrogens with zero attached hydrogens (tertiary/aromatic N) is 1. The average molecular weight is 266 g/mol. The third-order valence-corrected chi connectivity index (χ3v) is 2.27. The first-order valence-electron chi connectivity index (χ1n) is 6.33. The first kappa shape index (κ1) is 20.1. The summed E-state index contributed by atoms with van der Waals surface area (Å²) in [6, 6.07) is 0. The molecular weight excluding hydrogens is 236 g/mol. The SMILES string of the molecule is CC(C)(C)N(CCO)CCO.OCCNCCO. The average Bonchev–Trinajstić information content (AvgIpc) is 2.29. The molecule has 5 N–H and O–H groups in total. The molecule has 0 aliphatic carbocycles. The van der Waals surface area contributed by atoms with Crippen molar-refractivity contribution in [3.63, 3.8) is 0 Å². The van der Waals surface area contributed by atoms with Crippen LogP contribution in [0, 0.1) is 0 Å². The lowest BCUT2D eigenvalue weighted by Gasteiger charge is -2.34. The van der Waals surface area contributed by atoms with E-state index in [2.05, 4.69) is 26.1 Å². The van der Waals surface area contributed by atoms with E-state index in [4.69, 9.17) is 20.4 Å². The van der Waals surface area contributed by atoms with Gasteiger partial charge in [-0.05, 0) is 20.8 Å². The quantitative estimate of drug-likeness (QED) is 0.348. The molecule has 18 heavy (non-hydrogen) atoms. The molecule has 0 fully saturated rings. The van der Waals surface area contributed by atoms with Crippen LogP contribution in [0.25, 0.3) is 0 Å². The summed E-state index contributed by atoms with van der Waals surface area (Å²) in [5.74, 6) is 0. The molecule has 6 heteroatoms. The number of β-amino-alcohol motifs (C(OH)–C–C–N with tert-alkyl or cyclic N) is 2. The Morgan fingerprint density at radius 1 is 0.778 bits per heavy atom. The van der Waals surface area contributed by atoms with Gasteiger partial charge in [0.15, 0.2) is 0 Å². The van der Waals surface area contributed by atoms with Crippen molar-refractivity contribution in [3.8, 4) is 0 Å². The van der Waals surface area contributed by atoms with Crippen LogP contribution in [0.1, 0.15) is 20.8 Å². The number of aliphatic hydroxyl groups is 4. The molecule has 0 radical (unpaired) electrons. The van der Waals surface area contributed by atoms with E-state index in [1.165, 1.54) is 0 Å². The number of nitrogens with one attached hydrogen (secondary N) is 1. The number of hydrogen-bond donors (Lipinski definition) is 5. The van der Waals surface area contributed by atoms with E-state index in [1.807, 2.05) is 4.90 Å². The zero-order valence-electron chi connectivity index (χ0n) is 11.9. The van der Waals surface area contributed by atoms with Crippen LogP contribution in [-0.4, -0.2) is 83.5 Å². The lowest BCUT2D eigenvalue weighted by atomic mass is 10.1. The minimum atomic E-state index is 0.0332. The van der Waals surface area contributed by atoms with E-state index in [-0.39, 0.29) is 32.0 Å². The van der Waals surface area contributed by atoms with Gasteiger partial charge in [-0.25, -0.2) is 0 Å². The molecule has 0 spiro atoms. The van der Waals surface area contributed by atoms with E-state index in [0.717, 1.165) is 0 Å². The fourth-order valence-corrected chi connectivity index (χ4v) is 1.31. The maximum absolute atomic E-state index is 8.70. The van der Waals surface area contributed by atoms with E-state index in [0.29, 0.717) is 26.2 Å². The second kappa shape index (κ2) is 13.2. The standard InChI is InChI=1S/C8H19NO2.C4H11NO2/c1-8(2,3)9(4-6-10)5-7-11;6-3-1-5-2-4-7/h10-11H,4-7H2,1-3H3;5-7H,1-4H2. The second-order valence-electron chi connectivity index (χ2n) is 4.80. The molecule has 112 valence electrons. The third-order valence-electron chi connectivity index (χ3n) is 2.27. The predicted molar refractivity (Wildman–Crippen MR) is 72.5 cm³/mol. The molecule has 0 saturated heterocycles. The van der Waals surface area contributed by atoms with E-state index in [9.17, 15) is 0 Å². The van der Waals surface area contributed by atoms with Crippen LogP contribution in [0.3, 0.4) is 0 Å². The molecule has 0 aromatic heterocycles. The van der Waals surface area contributed by atoms with Gasteiger partial charge >= 0.3 is 0 Å². The molecule has 0 heterocycles. The van der Waals surface area contributed by atoms with Crippen LogP contribution in [0.2, 0.25) is 0 Å². The van der Waals surface area contributed by atoms with Gasteiger partial charge in [0, 0.05) is 31.7 Å². The van der Waals surface area contributed by atoms with E-state index >= 15 is 0 Å². The van der Waals surface area contributed by atoms with Gasteiger partial charge in [-0.2, -0.15) is 0 Å². The summed E-state index contributed by atoms with van der Waals surface area (Å²) < 4.78 is 0. The Kier molecular flexibility index (Phi) is 14.7. The van der Waals surface area contributed by atoms with Crippen LogP contribution < -0.4 is 5.32 Å². The minimum absolute atomic E-state index is 0.0332. The van der Waals surface area contributed by atoms with Crippen molar-refractivity contribution >= 4 is 0 Å². The van der Waals surface area contributed by atoms with Crippen LogP contribution in [0.15, 0.2) is 0 Å². The van der Waals surface area contributed by atoms with Crippen LogP contribution in [0.4, 0.5) is 0 Å². The molecule has 0 aromatic carbocycles. The maximum atomic E-state index is 8.70. The monoisotopic (exact) mass is 266 g/mol. The highest BCUT2D eigenvalue weighted by Crippen LogP contribution is 2.11. The summed E-state index contributed by atoms with van der Waals surface area (Å²) >= 11 is 0. The molecule has 0 bridgehead atoms. The molecular formula is C12H30N2O4. The Bertz CT molecular complexity index is 153. The largest absolute Gasteiger partial charge is 0.395 e. The van der Waals surface area contributed by atoms with Crippen molar-refractivity contribution in [2.24, 2.45) is 0 Å². The summed E-state index contributed by atoms with van der Waals surface area (Å²) in [6.07, 6.45) is 0. The summed E-state index contributed by atoms with van der Waals surface area (Å²) in [7, 11) is 0. The van der Waals surface area contributed by atoms with Crippen molar-refractivity contribution in [1.29, 1.82) is 0 Å². The highest BCUT2D eigenvalue weighted by Gasteiger charge is 2.19. The number of hydrogen-bond acceptors (Lipinski definition) is 6. The smallest absolute Gasteiger partial charge is 0.0558 e. The fourth-order valence-electron chi connectivity index (χ4n) is 1.31.